The Hall–Kier alpha value is -2.44. The van der Waals surface area contributed by atoms with Gasteiger partial charge >= 0.3 is 0 Å². The third-order valence-corrected chi connectivity index (χ3v) is 6.05. The number of thiophene rings is 1. The van der Waals surface area contributed by atoms with Crippen molar-refractivity contribution in [1.82, 2.24) is 14.8 Å². The van der Waals surface area contributed by atoms with E-state index >= 15 is 0 Å². The van der Waals surface area contributed by atoms with Crippen LogP contribution in [-0.4, -0.2) is 41.3 Å². The molecule has 5 nitrogen and oxygen atoms in total. The lowest BCUT2D eigenvalue weighted by molar-refractivity contribution is 0.0832. The maximum atomic E-state index is 12.2. The van der Waals surface area contributed by atoms with Gasteiger partial charge in [-0.2, -0.15) is 0 Å². The zero-order valence-corrected chi connectivity index (χ0v) is 16.4. The quantitative estimate of drug-likeness (QED) is 0.655. The number of nitrogens with zero attached hydrogens (tertiary/aromatic N) is 3. The van der Waals surface area contributed by atoms with E-state index in [1.165, 1.54) is 4.88 Å². The molecule has 1 saturated heterocycles. The van der Waals surface area contributed by atoms with Gasteiger partial charge in [0, 0.05) is 37.1 Å². The molecule has 3 aromatic rings. The fourth-order valence-corrected chi connectivity index (χ4v) is 4.70. The normalized spacial score (nSPS) is 17.3. The number of rotatable bonds is 5. The topological polar surface area (TPSA) is 49.6 Å². The molecule has 27 heavy (non-hydrogen) atoms. The standard InChI is InChI=1S/C21H23N3O2S/c1-23(2)21(25)19-11-10-18(27-19)17-9-6-12-24(17)13-16-14-26-20(22-16)15-7-4-3-5-8-15/h3-5,7-8,10-11,14,17H,6,9,12-13H2,1-2H3. The molecular weight excluding hydrogens is 358 g/mol. The fraction of sp³-hybridized carbons (Fsp3) is 0.333. The average Bonchev–Trinajstić information content (AvgIpc) is 3.42. The third-order valence-electron chi connectivity index (χ3n) is 4.87. The van der Waals surface area contributed by atoms with Crippen molar-refractivity contribution in [2.24, 2.45) is 0 Å². The summed E-state index contributed by atoms with van der Waals surface area (Å²) in [7, 11) is 3.58. The predicted octanol–water partition coefficient (Wildman–Crippen LogP) is 4.44. The molecular formula is C21H23N3O2S. The van der Waals surface area contributed by atoms with E-state index in [2.05, 4.69) is 16.0 Å². The maximum absolute atomic E-state index is 12.2. The van der Waals surface area contributed by atoms with Crippen LogP contribution in [0.5, 0.6) is 0 Å². The molecule has 2 aromatic heterocycles. The summed E-state index contributed by atoms with van der Waals surface area (Å²) in [6, 6.07) is 14.4. The molecule has 1 amide bonds. The molecule has 0 bridgehead atoms. The van der Waals surface area contributed by atoms with Crippen molar-refractivity contribution in [2.45, 2.75) is 25.4 Å². The Morgan fingerprint density at radius 1 is 1.26 bits per heavy atom. The minimum atomic E-state index is 0.0693. The predicted molar refractivity (Wildman–Crippen MR) is 107 cm³/mol. The van der Waals surface area contributed by atoms with Gasteiger partial charge in [-0.25, -0.2) is 4.98 Å². The van der Waals surface area contributed by atoms with Crippen molar-refractivity contribution in [3.05, 3.63) is 64.2 Å². The summed E-state index contributed by atoms with van der Waals surface area (Å²) in [4.78, 5) is 23.0. The summed E-state index contributed by atoms with van der Waals surface area (Å²) in [5, 5.41) is 0. The van der Waals surface area contributed by atoms with Crippen LogP contribution in [0, 0.1) is 0 Å². The number of likely N-dealkylation sites (tertiary alicyclic amines) is 1. The van der Waals surface area contributed by atoms with Gasteiger partial charge in [-0.05, 0) is 43.7 Å². The van der Waals surface area contributed by atoms with Crippen LogP contribution in [0.3, 0.4) is 0 Å². The summed E-state index contributed by atoms with van der Waals surface area (Å²) in [5.74, 6) is 0.733. The van der Waals surface area contributed by atoms with Crippen molar-refractivity contribution in [3.63, 3.8) is 0 Å². The maximum Gasteiger partial charge on any atom is 0.263 e. The van der Waals surface area contributed by atoms with Crippen LogP contribution in [0.25, 0.3) is 11.5 Å². The molecule has 1 fully saturated rings. The summed E-state index contributed by atoms with van der Waals surface area (Å²) < 4.78 is 5.68. The first-order chi connectivity index (χ1) is 13.1. The first kappa shape index (κ1) is 17.9. The van der Waals surface area contributed by atoms with Crippen LogP contribution in [0.1, 0.15) is 39.1 Å². The lowest BCUT2D eigenvalue weighted by Gasteiger charge is -2.22. The number of benzene rings is 1. The molecule has 1 unspecified atom stereocenters. The lowest BCUT2D eigenvalue weighted by atomic mass is 10.2. The molecule has 1 aliphatic rings. The first-order valence-electron chi connectivity index (χ1n) is 9.17. The van der Waals surface area contributed by atoms with Crippen molar-refractivity contribution in [2.75, 3.05) is 20.6 Å². The van der Waals surface area contributed by atoms with E-state index in [9.17, 15) is 4.79 Å². The number of oxazole rings is 1. The molecule has 1 atom stereocenters. The number of hydrogen-bond acceptors (Lipinski definition) is 5. The molecule has 0 N–H and O–H groups in total. The van der Waals surface area contributed by atoms with E-state index in [4.69, 9.17) is 4.42 Å². The molecule has 0 aliphatic carbocycles. The van der Waals surface area contributed by atoms with E-state index < -0.39 is 0 Å². The van der Waals surface area contributed by atoms with Gasteiger partial charge < -0.3 is 9.32 Å². The van der Waals surface area contributed by atoms with Crippen molar-refractivity contribution in [3.8, 4) is 11.5 Å². The first-order valence-corrected chi connectivity index (χ1v) is 9.99. The molecule has 1 aromatic carbocycles. The second-order valence-corrected chi connectivity index (χ2v) is 8.16. The Labute approximate surface area is 163 Å². The highest BCUT2D eigenvalue weighted by atomic mass is 32.1. The summed E-state index contributed by atoms with van der Waals surface area (Å²) >= 11 is 1.61. The Balaban J connectivity index is 1.48. The summed E-state index contributed by atoms with van der Waals surface area (Å²) in [6.07, 6.45) is 4.02. The molecule has 0 radical (unpaired) electrons. The minimum absolute atomic E-state index is 0.0693. The summed E-state index contributed by atoms with van der Waals surface area (Å²) in [5.41, 5.74) is 1.94. The molecule has 140 valence electrons. The van der Waals surface area contributed by atoms with Crippen LogP contribution < -0.4 is 0 Å². The van der Waals surface area contributed by atoms with Gasteiger partial charge in [0.2, 0.25) is 5.89 Å². The minimum Gasteiger partial charge on any atom is -0.444 e. The average molecular weight is 382 g/mol. The van der Waals surface area contributed by atoms with Crippen LogP contribution in [0.4, 0.5) is 0 Å². The lowest BCUT2D eigenvalue weighted by Crippen LogP contribution is -2.22. The smallest absolute Gasteiger partial charge is 0.263 e. The van der Waals surface area contributed by atoms with Gasteiger partial charge in [-0.15, -0.1) is 11.3 Å². The van der Waals surface area contributed by atoms with Crippen LogP contribution >= 0.6 is 11.3 Å². The molecule has 6 heteroatoms. The number of aromatic nitrogens is 1. The highest BCUT2D eigenvalue weighted by molar-refractivity contribution is 7.14. The second kappa shape index (κ2) is 7.66. The van der Waals surface area contributed by atoms with Gasteiger partial charge in [-0.3, -0.25) is 9.69 Å². The zero-order chi connectivity index (χ0) is 18.8. The number of carbonyl (C=O) groups excluding carboxylic acids is 1. The number of amides is 1. The van der Waals surface area contributed by atoms with Gasteiger partial charge in [0.25, 0.3) is 5.91 Å². The monoisotopic (exact) mass is 381 g/mol. The molecule has 0 spiro atoms. The Morgan fingerprint density at radius 2 is 2.07 bits per heavy atom. The van der Waals surface area contributed by atoms with Crippen molar-refractivity contribution in [1.29, 1.82) is 0 Å². The van der Waals surface area contributed by atoms with E-state index in [0.29, 0.717) is 11.9 Å². The Bertz CT molecular complexity index is 916. The number of hydrogen-bond donors (Lipinski definition) is 0. The van der Waals surface area contributed by atoms with E-state index in [0.717, 1.165) is 42.1 Å². The van der Waals surface area contributed by atoms with E-state index in [1.807, 2.05) is 36.4 Å². The van der Waals surface area contributed by atoms with E-state index in [-0.39, 0.29) is 5.91 Å². The van der Waals surface area contributed by atoms with Crippen LogP contribution in [0.2, 0.25) is 0 Å². The fourth-order valence-electron chi connectivity index (χ4n) is 3.51. The van der Waals surface area contributed by atoms with Crippen molar-refractivity contribution < 1.29 is 9.21 Å². The molecule has 1 aliphatic heterocycles. The Morgan fingerprint density at radius 3 is 2.85 bits per heavy atom. The second-order valence-electron chi connectivity index (χ2n) is 7.04. The molecule has 4 rings (SSSR count). The molecule has 0 saturated carbocycles. The largest absolute Gasteiger partial charge is 0.444 e. The van der Waals surface area contributed by atoms with Gasteiger partial charge in [-0.1, -0.05) is 18.2 Å². The highest BCUT2D eigenvalue weighted by Gasteiger charge is 2.28. The van der Waals surface area contributed by atoms with Crippen LogP contribution in [-0.2, 0) is 6.54 Å². The van der Waals surface area contributed by atoms with Crippen LogP contribution in [0.15, 0.2) is 53.1 Å². The zero-order valence-electron chi connectivity index (χ0n) is 15.6. The highest BCUT2D eigenvalue weighted by Crippen LogP contribution is 2.37. The van der Waals surface area contributed by atoms with Gasteiger partial charge in [0.05, 0.1) is 10.6 Å². The number of carbonyl (C=O) groups is 1. The molecule has 3 heterocycles. The third kappa shape index (κ3) is 3.82. The van der Waals surface area contributed by atoms with Gasteiger partial charge in [0.1, 0.15) is 6.26 Å². The van der Waals surface area contributed by atoms with E-state index in [1.54, 1.807) is 36.6 Å². The van der Waals surface area contributed by atoms with Crippen molar-refractivity contribution >= 4 is 17.2 Å². The summed E-state index contributed by atoms with van der Waals surface area (Å²) in [6.45, 7) is 1.79. The SMILES string of the molecule is CN(C)C(=O)c1ccc(C2CCCN2Cc2coc(-c3ccccc3)n2)s1. The van der Waals surface area contributed by atoms with Gasteiger partial charge in [0.15, 0.2) is 0 Å². The Kier molecular flexibility index (Phi) is 5.09.